The van der Waals surface area contributed by atoms with E-state index in [0.29, 0.717) is 13.1 Å². The second-order valence-electron chi connectivity index (χ2n) is 8.58. The molecule has 164 valence electrons. The minimum Gasteiger partial charge on any atom is -0.439 e. The third-order valence-corrected chi connectivity index (χ3v) is 6.36. The number of carbonyl (C=O) groups excluding carboxylic acids is 1. The molecule has 1 amide bonds. The van der Waals surface area contributed by atoms with Gasteiger partial charge in [-0.05, 0) is 28.8 Å². The zero-order valence-corrected chi connectivity index (χ0v) is 18.3. The quantitative estimate of drug-likeness (QED) is 0.571. The van der Waals surface area contributed by atoms with Crippen molar-refractivity contribution in [3.8, 4) is 0 Å². The van der Waals surface area contributed by atoms with Crippen LogP contribution in [-0.4, -0.2) is 48.6 Å². The van der Waals surface area contributed by atoms with E-state index in [1.807, 2.05) is 30.3 Å². The topological polar surface area (TPSA) is 36.0 Å². The van der Waals surface area contributed by atoms with Crippen LogP contribution >= 0.6 is 0 Å². The van der Waals surface area contributed by atoms with Crippen LogP contribution in [0.15, 0.2) is 84.9 Å². The van der Waals surface area contributed by atoms with Crippen molar-refractivity contribution in [2.24, 2.45) is 0 Å². The number of carbonyl (C=O) groups is 1. The molecule has 0 unspecified atom stereocenters. The summed E-state index contributed by atoms with van der Waals surface area (Å²) in [6, 6.07) is 29.3. The van der Waals surface area contributed by atoms with Gasteiger partial charge < -0.3 is 9.64 Å². The lowest BCUT2D eigenvalue weighted by molar-refractivity contribution is 0.132. The fourth-order valence-electron chi connectivity index (χ4n) is 4.51. The van der Waals surface area contributed by atoms with Crippen LogP contribution in [0.25, 0.3) is 0 Å². The third kappa shape index (κ3) is 4.78. The molecule has 0 saturated carbocycles. The van der Waals surface area contributed by atoms with Crippen molar-refractivity contribution in [1.82, 2.24) is 9.80 Å². The highest BCUT2D eigenvalue weighted by atomic mass is 16.6. The molecule has 32 heavy (non-hydrogen) atoms. The van der Waals surface area contributed by atoms with Crippen LogP contribution in [0.4, 0.5) is 10.5 Å². The Hall–Kier alpha value is -3.31. The average molecular weight is 428 g/mol. The van der Waals surface area contributed by atoms with Gasteiger partial charge in [0.05, 0.1) is 6.54 Å². The zero-order valence-electron chi connectivity index (χ0n) is 18.3. The van der Waals surface area contributed by atoms with Crippen LogP contribution in [0, 0.1) is 0 Å². The predicted molar refractivity (Wildman–Crippen MR) is 126 cm³/mol. The van der Waals surface area contributed by atoms with Crippen molar-refractivity contribution in [3.05, 3.63) is 102 Å². The maximum Gasteiger partial charge on any atom is 0.410 e. The number of hydrogen-bond donors (Lipinski definition) is 0. The van der Waals surface area contributed by atoms with E-state index in [1.165, 1.54) is 11.3 Å². The van der Waals surface area contributed by atoms with Crippen molar-refractivity contribution in [1.29, 1.82) is 0 Å². The van der Waals surface area contributed by atoms with Gasteiger partial charge in [0.15, 0.2) is 0 Å². The number of benzene rings is 3. The summed E-state index contributed by atoms with van der Waals surface area (Å²) in [6.45, 7) is 6.39. The first-order valence-electron chi connectivity index (χ1n) is 11.4. The zero-order chi connectivity index (χ0) is 21.8. The molecule has 0 aliphatic carbocycles. The standard InChI is InChI=1S/C27H29N3O2/c31-27-30(21-26(32-27)24-7-3-1-4-8-24)20-23-13-11-22(12-14-23)19-28-15-17-29(18-16-28)25-9-5-2-6-10-25/h1-14,26H,15-21H2/t26-/m0/s1. The highest BCUT2D eigenvalue weighted by Gasteiger charge is 2.32. The molecular formula is C27H29N3O2. The molecule has 5 nitrogen and oxygen atoms in total. The van der Waals surface area contributed by atoms with Crippen LogP contribution < -0.4 is 4.90 Å². The van der Waals surface area contributed by atoms with E-state index in [9.17, 15) is 4.79 Å². The Kier molecular flexibility index (Phi) is 6.08. The van der Waals surface area contributed by atoms with Crippen molar-refractivity contribution in [2.75, 3.05) is 37.6 Å². The number of para-hydroxylation sites is 1. The van der Waals surface area contributed by atoms with E-state index >= 15 is 0 Å². The van der Waals surface area contributed by atoms with Gasteiger partial charge in [0, 0.05) is 45.0 Å². The first-order valence-corrected chi connectivity index (χ1v) is 11.4. The number of ether oxygens (including phenoxy) is 1. The minimum absolute atomic E-state index is 0.183. The Morgan fingerprint density at radius 1 is 0.719 bits per heavy atom. The number of hydrogen-bond acceptors (Lipinski definition) is 4. The largest absolute Gasteiger partial charge is 0.439 e. The van der Waals surface area contributed by atoms with Gasteiger partial charge in [-0.3, -0.25) is 9.80 Å². The van der Waals surface area contributed by atoms with Gasteiger partial charge in [0.1, 0.15) is 6.10 Å². The van der Waals surface area contributed by atoms with Crippen LogP contribution in [-0.2, 0) is 17.8 Å². The SMILES string of the molecule is O=C1O[C@H](c2ccccc2)CN1Cc1ccc(CN2CCN(c3ccccc3)CC2)cc1. The van der Waals surface area contributed by atoms with E-state index in [-0.39, 0.29) is 12.2 Å². The Morgan fingerprint density at radius 2 is 1.31 bits per heavy atom. The summed E-state index contributed by atoms with van der Waals surface area (Å²) in [5.74, 6) is 0. The maximum absolute atomic E-state index is 12.3. The minimum atomic E-state index is -0.237. The normalized spacial score (nSPS) is 19.2. The summed E-state index contributed by atoms with van der Waals surface area (Å²) in [4.78, 5) is 19.1. The number of rotatable bonds is 6. The van der Waals surface area contributed by atoms with Gasteiger partial charge in [-0.15, -0.1) is 0 Å². The lowest BCUT2D eigenvalue weighted by Crippen LogP contribution is -2.45. The summed E-state index contributed by atoms with van der Waals surface area (Å²) in [6.07, 6.45) is -0.420. The number of amides is 1. The molecule has 0 aromatic heterocycles. The average Bonchev–Trinajstić information content (AvgIpc) is 3.22. The molecule has 0 N–H and O–H groups in total. The van der Waals surface area contributed by atoms with E-state index in [4.69, 9.17) is 4.74 Å². The Labute approximate surface area is 189 Å². The summed E-state index contributed by atoms with van der Waals surface area (Å²) in [5, 5.41) is 0. The van der Waals surface area contributed by atoms with Gasteiger partial charge in [-0.25, -0.2) is 4.79 Å². The lowest BCUT2D eigenvalue weighted by atomic mass is 10.1. The molecule has 5 rings (SSSR count). The van der Waals surface area contributed by atoms with Crippen molar-refractivity contribution >= 4 is 11.8 Å². The molecule has 3 aromatic rings. The predicted octanol–water partition coefficient (Wildman–Crippen LogP) is 4.70. The van der Waals surface area contributed by atoms with Crippen LogP contribution in [0.1, 0.15) is 22.8 Å². The molecular weight excluding hydrogens is 398 g/mol. The third-order valence-electron chi connectivity index (χ3n) is 6.36. The Morgan fingerprint density at radius 3 is 1.97 bits per heavy atom. The van der Waals surface area contributed by atoms with Gasteiger partial charge in [0.2, 0.25) is 0 Å². The summed E-state index contributed by atoms with van der Waals surface area (Å²) >= 11 is 0. The first-order chi connectivity index (χ1) is 15.7. The molecule has 1 atom stereocenters. The van der Waals surface area contributed by atoms with Crippen molar-refractivity contribution in [2.45, 2.75) is 19.2 Å². The van der Waals surface area contributed by atoms with Crippen molar-refractivity contribution in [3.63, 3.8) is 0 Å². The number of cyclic esters (lactones) is 1. The molecule has 2 saturated heterocycles. The molecule has 0 bridgehead atoms. The number of piperazine rings is 1. The Bertz CT molecular complexity index is 1020. The maximum atomic E-state index is 12.3. The smallest absolute Gasteiger partial charge is 0.410 e. The summed E-state index contributed by atoms with van der Waals surface area (Å²) in [7, 11) is 0. The molecule has 3 aromatic carbocycles. The molecule has 0 radical (unpaired) electrons. The van der Waals surface area contributed by atoms with Crippen LogP contribution in [0.5, 0.6) is 0 Å². The Balaban J connectivity index is 1.12. The van der Waals surface area contributed by atoms with E-state index in [0.717, 1.165) is 43.9 Å². The van der Waals surface area contributed by atoms with Gasteiger partial charge in [0.25, 0.3) is 0 Å². The second kappa shape index (κ2) is 9.45. The summed E-state index contributed by atoms with van der Waals surface area (Å²) < 4.78 is 5.57. The molecule has 2 heterocycles. The highest BCUT2D eigenvalue weighted by Crippen LogP contribution is 2.27. The lowest BCUT2D eigenvalue weighted by Gasteiger charge is -2.36. The van der Waals surface area contributed by atoms with E-state index in [1.54, 1.807) is 4.90 Å². The van der Waals surface area contributed by atoms with Gasteiger partial charge >= 0.3 is 6.09 Å². The second-order valence-corrected chi connectivity index (χ2v) is 8.58. The molecule has 2 aliphatic rings. The molecule has 0 spiro atoms. The molecule has 2 aliphatic heterocycles. The van der Waals surface area contributed by atoms with Crippen LogP contribution in [0.2, 0.25) is 0 Å². The fourth-order valence-corrected chi connectivity index (χ4v) is 4.51. The fraction of sp³-hybridized carbons (Fsp3) is 0.296. The monoisotopic (exact) mass is 427 g/mol. The molecule has 5 heteroatoms. The van der Waals surface area contributed by atoms with Gasteiger partial charge in [-0.1, -0.05) is 72.8 Å². The summed E-state index contributed by atoms with van der Waals surface area (Å²) in [5.41, 5.74) is 4.80. The van der Waals surface area contributed by atoms with Crippen molar-refractivity contribution < 1.29 is 9.53 Å². The van der Waals surface area contributed by atoms with E-state index in [2.05, 4.69) is 64.4 Å². The molecule has 2 fully saturated rings. The van der Waals surface area contributed by atoms with E-state index < -0.39 is 0 Å². The van der Waals surface area contributed by atoms with Gasteiger partial charge in [-0.2, -0.15) is 0 Å². The highest BCUT2D eigenvalue weighted by molar-refractivity contribution is 5.70. The number of anilines is 1. The first kappa shape index (κ1) is 20.6. The number of nitrogens with zero attached hydrogens (tertiary/aromatic N) is 3. The van der Waals surface area contributed by atoms with Crippen LogP contribution in [0.3, 0.4) is 0 Å².